The normalized spacial score (nSPS) is 15.4. The molecular weight excluding hydrogens is 422 g/mol. The molecule has 7 nitrogen and oxygen atoms in total. The van der Waals surface area contributed by atoms with Gasteiger partial charge in [-0.2, -0.15) is 0 Å². The zero-order valence-corrected chi connectivity index (χ0v) is 19.3. The standard InChI is InChI=1S/C24H29N5O2S/c1-17(28-14-4-3-5-15-28)23-26-27-24(29(23)20-10-12-21(31-2)13-11-20)32-16-18-6-8-19(9-7-18)22(25)30/h6-13,17H,3-5,14-16H2,1-2H3,(H2,25,30). The van der Waals surface area contributed by atoms with E-state index >= 15 is 0 Å². The van der Waals surface area contributed by atoms with Crippen molar-refractivity contribution in [2.24, 2.45) is 5.73 Å². The van der Waals surface area contributed by atoms with Crippen LogP contribution in [0.3, 0.4) is 0 Å². The first-order chi connectivity index (χ1) is 15.6. The molecule has 8 heteroatoms. The number of amides is 1. The molecule has 2 aromatic carbocycles. The Hall–Kier alpha value is -2.84. The third-order valence-corrected chi connectivity index (χ3v) is 6.91. The predicted octanol–water partition coefficient (Wildman–Crippen LogP) is 4.21. The SMILES string of the molecule is COc1ccc(-n2c(SCc3ccc(C(N)=O)cc3)nnc2C(C)N2CCCCC2)cc1. The molecule has 4 rings (SSSR count). The van der Waals surface area contributed by atoms with Crippen LogP contribution >= 0.6 is 11.8 Å². The summed E-state index contributed by atoms with van der Waals surface area (Å²) in [6.45, 7) is 4.39. The molecule has 1 fully saturated rings. The average molecular weight is 452 g/mol. The molecule has 1 aromatic heterocycles. The van der Waals surface area contributed by atoms with Gasteiger partial charge in [0, 0.05) is 17.0 Å². The van der Waals surface area contributed by atoms with Gasteiger partial charge in [0.2, 0.25) is 5.91 Å². The van der Waals surface area contributed by atoms with E-state index in [4.69, 9.17) is 10.5 Å². The van der Waals surface area contributed by atoms with E-state index in [-0.39, 0.29) is 6.04 Å². The number of thioether (sulfide) groups is 1. The number of ether oxygens (including phenoxy) is 1. The van der Waals surface area contributed by atoms with E-state index in [0.717, 1.165) is 41.1 Å². The highest BCUT2D eigenvalue weighted by atomic mass is 32.2. The van der Waals surface area contributed by atoms with E-state index in [1.165, 1.54) is 19.3 Å². The smallest absolute Gasteiger partial charge is 0.248 e. The lowest BCUT2D eigenvalue weighted by atomic mass is 10.1. The summed E-state index contributed by atoms with van der Waals surface area (Å²) in [5, 5.41) is 10.0. The van der Waals surface area contributed by atoms with Gasteiger partial charge in [-0.05, 0) is 74.8 Å². The summed E-state index contributed by atoms with van der Waals surface area (Å²) in [4.78, 5) is 13.8. The Labute approximate surface area is 193 Å². The predicted molar refractivity (Wildman–Crippen MR) is 126 cm³/mol. The largest absolute Gasteiger partial charge is 0.497 e. The van der Waals surface area contributed by atoms with E-state index in [2.05, 4.69) is 26.6 Å². The highest BCUT2D eigenvalue weighted by Crippen LogP contribution is 2.31. The van der Waals surface area contributed by atoms with Gasteiger partial charge in [-0.25, -0.2) is 0 Å². The topological polar surface area (TPSA) is 86.3 Å². The van der Waals surface area contributed by atoms with Gasteiger partial charge < -0.3 is 10.5 Å². The second kappa shape index (κ2) is 10.2. The minimum absolute atomic E-state index is 0.175. The van der Waals surface area contributed by atoms with Gasteiger partial charge in [-0.1, -0.05) is 30.3 Å². The summed E-state index contributed by atoms with van der Waals surface area (Å²) < 4.78 is 7.49. The maximum absolute atomic E-state index is 11.3. The minimum Gasteiger partial charge on any atom is -0.497 e. The molecule has 1 unspecified atom stereocenters. The number of carbonyl (C=O) groups is 1. The molecule has 168 valence electrons. The Morgan fingerprint density at radius 2 is 1.75 bits per heavy atom. The van der Waals surface area contributed by atoms with Crippen molar-refractivity contribution < 1.29 is 9.53 Å². The van der Waals surface area contributed by atoms with Gasteiger partial charge in [0.15, 0.2) is 11.0 Å². The number of likely N-dealkylation sites (tertiary alicyclic amines) is 1. The first kappa shape index (κ1) is 22.4. The molecule has 0 bridgehead atoms. The van der Waals surface area contributed by atoms with Crippen LogP contribution in [-0.2, 0) is 5.75 Å². The van der Waals surface area contributed by atoms with Crippen LogP contribution in [0, 0.1) is 0 Å². The van der Waals surface area contributed by atoms with Gasteiger partial charge in [0.25, 0.3) is 0 Å². The lowest BCUT2D eigenvalue weighted by Gasteiger charge is -2.31. The fraction of sp³-hybridized carbons (Fsp3) is 0.375. The van der Waals surface area contributed by atoms with Crippen molar-refractivity contribution in [1.82, 2.24) is 19.7 Å². The molecule has 2 heterocycles. The van der Waals surface area contributed by atoms with Crippen LogP contribution in [0.15, 0.2) is 53.7 Å². The summed E-state index contributed by atoms with van der Waals surface area (Å²) in [6, 6.07) is 15.6. The highest BCUT2D eigenvalue weighted by Gasteiger charge is 2.25. The lowest BCUT2D eigenvalue weighted by molar-refractivity contribution is 0.100. The number of methoxy groups -OCH3 is 1. The average Bonchev–Trinajstić information content (AvgIpc) is 3.27. The van der Waals surface area contributed by atoms with E-state index in [1.807, 2.05) is 36.4 Å². The van der Waals surface area contributed by atoms with Crippen LogP contribution in [0.2, 0.25) is 0 Å². The monoisotopic (exact) mass is 451 g/mol. The number of hydrogen-bond acceptors (Lipinski definition) is 6. The Morgan fingerprint density at radius 1 is 1.06 bits per heavy atom. The molecule has 1 amide bonds. The van der Waals surface area contributed by atoms with Crippen molar-refractivity contribution in [3.05, 3.63) is 65.5 Å². The van der Waals surface area contributed by atoms with Gasteiger partial charge in [0.05, 0.1) is 13.2 Å². The fourth-order valence-electron chi connectivity index (χ4n) is 4.00. The summed E-state index contributed by atoms with van der Waals surface area (Å²) in [6.07, 6.45) is 3.75. The van der Waals surface area contributed by atoms with E-state index in [9.17, 15) is 4.79 Å². The molecule has 0 saturated carbocycles. The van der Waals surface area contributed by atoms with E-state index in [0.29, 0.717) is 11.3 Å². The van der Waals surface area contributed by atoms with Crippen molar-refractivity contribution in [2.75, 3.05) is 20.2 Å². The zero-order valence-electron chi connectivity index (χ0n) is 18.5. The number of piperidine rings is 1. The molecule has 1 saturated heterocycles. The summed E-state index contributed by atoms with van der Waals surface area (Å²) >= 11 is 1.63. The number of nitrogens with zero attached hydrogens (tertiary/aromatic N) is 4. The molecule has 2 N–H and O–H groups in total. The van der Waals surface area contributed by atoms with Crippen LogP contribution in [0.1, 0.15) is 54.0 Å². The summed E-state index contributed by atoms with van der Waals surface area (Å²) in [5.41, 5.74) is 7.97. The number of primary amides is 1. The number of carbonyl (C=O) groups excluding carboxylic acids is 1. The zero-order chi connectivity index (χ0) is 22.5. The molecule has 1 atom stereocenters. The molecule has 1 aliphatic rings. The van der Waals surface area contributed by atoms with Gasteiger partial charge in [-0.3, -0.25) is 14.3 Å². The molecule has 0 radical (unpaired) electrons. The molecule has 1 aliphatic heterocycles. The van der Waals surface area contributed by atoms with Crippen LogP contribution in [-0.4, -0.2) is 45.8 Å². The fourth-order valence-corrected chi connectivity index (χ4v) is 4.92. The van der Waals surface area contributed by atoms with Crippen molar-refractivity contribution in [2.45, 2.75) is 43.1 Å². The Balaban J connectivity index is 1.61. The third kappa shape index (κ3) is 4.97. The van der Waals surface area contributed by atoms with Gasteiger partial charge >= 0.3 is 0 Å². The molecular formula is C24H29N5O2S. The quantitative estimate of drug-likeness (QED) is 0.516. The van der Waals surface area contributed by atoms with E-state index in [1.54, 1.807) is 31.0 Å². The maximum Gasteiger partial charge on any atom is 0.248 e. The van der Waals surface area contributed by atoms with Crippen molar-refractivity contribution >= 4 is 17.7 Å². The second-order valence-corrected chi connectivity index (χ2v) is 8.94. The Bertz CT molecular complexity index is 1040. The van der Waals surface area contributed by atoms with Crippen LogP contribution < -0.4 is 10.5 Å². The van der Waals surface area contributed by atoms with E-state index < -0.39 is 5.91 Å². The van der Waals surface area contributed by atoms with Crippen LogP contribution in [0.25, 0.3) is 5.69 Å². The second-order valence-electron chi connectivity index (χ2n) is 8.00. The lowest BCUT2D eigenvalue weighted by Crippen LogP contribution is -2.33. The minimum atomic E-state index is -0.417. The number of nitrogens with two attached hydrogens (primary N) is 1. The van der Waals surface area contributed by atoms with Crippen molar-refractivity contribution in [1.29, 1.82) is 0 Å². The number of benzene rings is 2. The summed E-state index contributed by atoms with van der Waals surface area (Å²) in [7, 11) is 1.67. The molecule has 0 aliphatic carbocycles. The van der Waals surface area contributed by atoms with Crippen LogP contribution in [0.4, 0.5) is 0 Å². The van der Waals surface area contributed by atoms with Crippen molar-refractivity contribution in [3.8, 4) is 11.4 Å². The van der Waals surface area contributed by atoms with Crippen molar-refractivity contribution in [3.63, 3.8) is 0 Å². The number of rotatable bonds is 8. The van der Waals surface area contributed by atoms with Gasteiger partial charge in [-0.15, -0.1) is 10.2 Å². The Kier molecular flexibility index (Phi) is 7.12. The molecule has 3 aromatic rings. The first-order valence-corrected chi connectivity index (χ1v) is 11.9. The third-order valence-electron chi connectivity index (χ3n) is 5.91. The highest BCUT2D eigenvalue weighted by molar-refractivity contribution is 7.98. The number of hydrogen-bond donors (Lipinski definition) is 1. The van der Waals surface area contributed by atoms with Crippen LogP contribution in [0.5, 0.6) is 5.75 Å². The molecule has 0 spiro atoms. The first-order valence-electron chi connectivity index (χ1n) is 10.9. The molecule has 32 heavy (non-hydrogen) atoms. The van der Waals surface area contributed by atoms with Gasteiger partial charge in [0.1, 0.15) is 5.75 Å². The number of aromatic nitrogens is 3. The Morgan fingerprint density at radius 3 is 2.38 bits per heavy atom. The summed E-state index contributed by atoms with van der Waals surface area (Å²) in [5.74, 6) is 2.06. The maximum atomic E-state index is 11.3.